The van der Waals surface area contributed by atoms with Gasteiger partial charge in [0.15, 0.2) is 0 Å². The average molecular weight is 342 g/mol. The van der Waals surface area contributed by atoms with Crippen molar-refractivity contribution in [3.8, 4) is 11.4 Å². The van der Waals surface area contributed by atoms with E-state index < -0.39 is 0 Å². The molecule has 0 spiro atoms. The Labute approximate surface area is 125 Å². The Bertz CT molecular complexity index is 680. The van der Waals surface area contributed by atoms with E-state index in [2.05, 4.69) is 25.9 Å². The Hall–Kier alpha value is -1.13. The quantitative estimate of drug-likeness (QED) is 0.886. The molecule has 19 heavy (non-hydrogen) atoms. The van der Waals surface area contributed by atoms with E-state index in [-0.39, 0.29) is 11.5 Å². The molecule has 0 radical (unpaired) electrons. The smallest absolute Gasteiger partial charge is 0.254 e. The van der Waals surface area contributed by atoms with Gasteiger partial charge in [0.05, 0.1) is 0 Å². The molecule has 0 unspecified atom stereocenters. The van der Waals surface area contributed by atoms with Crippen molar-refractivity contribution in [2.45, 2.75) is 26.7 Å². The lowest BCUT2D eigenvalue weighted by Gasteiger charge is -2.11. The predicted octanol–water partition coefficient (Wildman–Crippen LogP) is 4.28. The van der Waals surface area contributed by atoms with Crippen molar-refractivity contribution < 1.29 is 0 Å². The maximum atomic E-state index is 12.1. The molecular formula is C14H14BrClN2O. The lowest BCUT2D eigenvalue weighted by Crippen LogP contribution is -2.18. The minimum atomic E-state index is -0.0932. The van der Waals surface area contributed by atoms with Gasteiger partial charge in [-0.15, -0.1) is 0 Å². The highest BCUT2D eigenvalue weighted by molar-refractivity contribution is 9.10. The minimum Gasteiger partial charge on any atom is -0.306 e. The van der Waals surface area contributed by atoms with E-state index in [1.54, 1.807) is 12.1 Å². The third kappa shape index (κ3) is 2.90. The van der Waals surface area contributed by atoms with E-state index in [4.69, 9.17) is 11.6 Å². The van der Waals surface area contributed by atoms with Gasteiger partial charge in [-0.1, -0.05) is 41.4 Å². The molecule has 2 rings (SSSR count). The van der Waals surface area contributed by atoms with E-state index in [1.165, 1.54) is 0 Å². The lowest BCUT2D eigenvalue weighted by molar-refractivity contribution is 0.814. The number of H-pyrrole nitrogens is 1. The van der Waals surface area contributed by atoms with Crippen LogP contribution in [-0.4, -0.2) is 9.97 Å². The van der Waals surface area contributed by atoms with Gasteiger partial charge in [0, 0.05) is 26.3 Å². The second-order valence-corrected chi connectivity index (χ2v) is 5.98. The largest absolute Gasteiger partial charge is 0.306 e. The third-order valence-corrected chi connectivity index (χ3v) is 3.83. The van der Waals surface area contributed by atoms with Gasteiger partial charge in [0.1, 0.15) is 5.82 Å². The van der Waals surface area contributed by atoms with Crippen LogP contribution in [-0.2, 0) is 0 Å². The fraction of sp³-hybridized carbons (Fsp3) is 0.286. The molecule has 0 aliphatic rings. The van der Waals surface area contributed by atoms with Gasteiger partial charge in [-0.25, -0.2) is 4.98 Å². The number of hydrogen-bond acceptors (Lipinski definition) is 2. The topological polar surface area (TPSA) is 45.8 Å². The molecule has 0 aliphatic carbocycles. The number of hydrogen-bond donors (Lipinski definition) is 1. The molecule has 1 aromatic carbocycles. The second kappa shape index (κ2) is 5.47. The molecule has 0 bridgehead atoms. The van der Waals surface area contributed by atoms with Crippen LogP contribution in [0.1, 0.15) is 31.0 Å². The van der Waals surface area contributed by atoms with Crippen molar-refractivity contribution in [3.63, 3.8) is 0 Å². The summed E-state index contributed by atoms with van der Waals surface area (Å²) in [5.74, 6) is 0.675. The van der Waals surface area contributed by atoms with Crippen molar-refractivity contribution in [3.05, 3.63) is 49.3 Å². The number of nitrogens with zero attached hydrogens (tertiary/aromatic N) is 1. The Balaban J connectivity index is 2.65. The standard InChI is InChI=1S/C14H14BrClN2O/c1-7(2)12-8(3)17-13(18-14(12)19)10-6-9(16)4-5-11(10)15/h4-7H,1-3H3,(H,17,18,19). The first-order valence-electron chi connectivity index (χ1n) is 5.96. The predicted molar refractivity (Wildman–Crippen MR) is 81.8 cm³/mol. The summed E-state index contributed by atoms with van der Waals surface area (Å²) in [5.41, 5.74) is 2.16. The van der Waals surface area contributed by atoms with Crippen LogP contribution < -0.4 is 5.56 Å². The molecule has 100 valence electrons. The van der Waals surface area contributed by atoms with Crippen molar-refractivity contribution >= 4 is 27.5 Å². The average Bonchev–Trinajstić information content (AvgIpc) is 2.30. The maximum absolute atomic E-state index is 12.1. The summed E-state index contributed by atoms with van der Waals surface area (Å²) in [4.78, 5) is 19.4. The highest BCUT2D eigenvalue weighted by atomic mass is 79.9. The zero-order valence-electron chi connectivity index (χ0n) is 10.9. The van der Waals surface area contributed by atoms with Crippen LogP contribution in [0.5, 0.6) is 0 Å². The third-order valence-electron chi connectivity index (χ3n) is 2.91. The van der Waals surface area contributed by atoms with Crippen LogP contribution in [0, 0.1) is 6.92 Å². The molecule has 3 nitrogen and oxygen atoms in total. The highest BCUT2D eigenvalue weighted by Gasteiger charge is 2.14. The van der Waals surface area contributed by atoms with Crippen LogP contribution >= 0.6 is 27.5 Å². The van der Waals surface area contributed by atoms with Gasteiger partial charge in [0.25, 0.3) is 5.56 Å². The van der Waals surface area contributed by atoms with E-state index >= 15 is 0 Å². The zero-order chi connectivity index (χ0) is 14.2. The van der Waals surface area contributed by atoms with Crippen LogP contribution in [0.2, 0.25) is 5.02 Å². The van der Waals surface area contributed by atoms with Crippen molar-refractivity contribution in [2.24, 2.45) is 0 Å². The first-order valence-corrected chi connectivity index (χ1v) is 7.13. The summed E-state index contributed by atoms with van der Waals surface area (Å²) >= 11 is 9.43. The van der Waals surface area contributed by atoms with Gasteiger partial charge < -0.3 is 4.98 Å². The zero-order valence-corrected chi connectivity index (χ0v) is 13.3. The minimum absolute atomic E-state index is 0.0932. The molecule has 0 fully saturated rings. The van der Waals surface area contributed by atoms with Crippen molar-refractivity contribution in [1.29, 1.82) is 0 Å². The normalized spacial score (nSPS) is 11.1. The van der Waals surface area contributed by atoms with Crippen molar-refractivity contribution in [1.82, 2.24) is 9.97 Å². The van der Waals surface area contributed by atoms with Gasteiger partial charge in [-0.2, -0.15) is 0 Å². The fourth-order valence-electron chi connectivity index (χ4n) is 2.08. The van der Waals surface area contributed by atoms with Crippen LogP contribution in [0.4, 0.5) is 0 Å². The van der Waals surface area contributed by atoms with Crippen LogP contribution in [0.15, 0.2) is 27.5 Å². The summed E-state index contributed by atoms with van der Waals surface area (Å²) in [6, 6.07) is 5.39. The summed E-state index contributed by atoms with van der Waals surface area (Å²) in [5, 5.41) is 0.603. The highest BCUT2D eigenvalue weighted by Crippen LogP contribution is 2.28. The molecule has 1 N–H and O–H groups in total. The molecule has 1 aromatic heterocycles. The monoisotopic (exact) mass is 340 g/mol. The molecule has 2 aromatic rings. The molecule has 0 atom stereocenters. The molecule has 0 aliphatic heterocycles. The molecule has 5 heteroatoms. The van der Waals surface area contributed by atoms with Gasteiger partial charge in [-0.3, -0.25) is 4.79 Å². The van der Waals surface area contributed by atoms with Gasteiger partial charge in [0.2, 0.25) is 0 Å². The van der Waals surface area contributed by atoms with E-state index in [0.29, 0.717) is 10.8 Å². The SMILES string of the molecule is Cc1nc(-c2cc(Cl)ccc2Br)[nH]c(=O)c1C(C)C. The number of aromatic amines is 1. The summed E-state index contributed by atoms with van der Waals surface area (Å²) in [6.07, 6.45) is 0. The van der Waals surface area contributed by atoms with Crippen LogP contribution in [0.25, 0.3) is 11.4 Å². The summed E-state index contributed by atoms with van der Waals surface area (Å²) in [6.45, 7) is 5.81. The number of aryl methyl sites for hydroxylation is 1. The Kier molecular flexibility index (Phi) is 4.11. The number of rotatable bonds is 2. The van der Waals surface area contributed by atoms with E-state index in [9.17, 15) is 4.79 Å². The Morgan fingerprint density at radius 1 is 1.37 bits per heavy atom. The number of halogens is 2. The van der Waals surface area contributed by atoms with Gasteiger partial charge >= 0.3 is 0 Å². The van der Waals surface area contributed by atoms with E-state index in [0.717, 1.165) is 21.3 Å². The molecule has 0 saturated carbocycles. The molecule has 0 amide bonds. The molecule has 0 saturated heterocycles. The number of nitrogens with one attached hydrogen (secondary N) is 1. The lowest BCUT2D eigenvalue weighted by atomic mass is 10.0. The number of aromatic nitrogens is 2. The van der Waals surface area contributed by atoms with Gasteiger partial charge in [-0.05, 0) is 31.0 Å². The summed E-state index contributed by atoms with van der Waals surface area (Å²) < 4.78 is 0.844. The first-order chi connectivity index (χ1) is 8.90. The van der Waals surface area contributed by atoms with Crippen LogP contribution in [0.3, 0.4) is 0 Å². The summed E-state index contributed by atoms with van der Waals surface area (Å²) in [7, 11) is 0. The van der Waals surface area contributed by atoms with E-state index in [1.807, 2.05) is 26.8 Å². The molecular weight excluding hydrogens is 328 g/mol. The Morgan fingerprint density at radius 3 is 2.63 bits per heavy atom. The van der Waals surface area contributed by atoms with Crippen molar-refractivity contribution in [2.75, 3.05) is 0 Å². The Morgan fingerprint density at radius 2 is 2.05 bits per heavy atom. The maximum Gasteiger partial charge on any atom is 0.254 e. The number of benzene rings is 1. The fourth-order valence-corrected chi connectivity index (χ4v) is 2.69. The first kappa shape index (κ1) is 14.3. The second-order valence-electron chi connectivity index (χ2n) is 4.69. The molecule has 1 heterocycles.